The Labute approximate surface area is 165 Å². The molecule has 4 aromatic rings. The molecule has 0 saturated carbocycles. The van der Waals surface area contributed by atoms with Crippen LogP contribution in [0.5, 0.6) is 0 Å². The maximum atomic E-state index is 2.43. The quantitative estimate of drug-likeness (QED) is 0.311. The molecular weight excluding hydrogens is 501 g/mol. The third-order valence-electron chi connectivity index (χ3n) is 5.07. The molecule has 0 unspecified atom stereocenters. The molecule has 0 fully saturated rings. The normalized spacial score (nSPS) is 15.2. The standard InChI is InChI=1S/C22H14Se3/c1-3-13-7-9-17-21-19(13)15(5-1)11-23-18-10-8-14-4-2-6-16(12-24-17)20(14)22(18)25-21/h1-10H,11-12H2. The van der Waals surface area contributed by atoms with Crippen molar-refractivity contribution in [3.05, 3.63) is 71.8 Å². The van der Waals surface area contributed by atoms with Crippen molar-refractivity contribution in [2.24, 2.45) is 0 Å². The fourth-order valence-electron chi connectivity index (χ4n) is 3.88. The van der Waals surface area contributed by atoms with Gasteiger partial charge in [-0.3, -0.25) is 0 Å². The zero-order valence-corrected chi connectivity index (χ0v) is 18.6. The van der Waals surface area contributed by atoms with Crippen LogP contribution < -0.4 is 17.8 Å². The van der Waals surface area contributed by atoms with Crippen LogP contribution in [0.15, 0.2) is 60.7 Å². The molecule has 0 spiro atoms. The van der Waals surface area contributed by atoms with Gasteiger partial charge in [0, 0.05) is 0 Å². The molecule has 0 amide bonds. The summed E-state index contributed by atoms with van der Waals surface area (Å²) in [5, 5.41) is 8.56. The van der Waals surface area contributed by atoms with Crippen LogP contribution in [0.2, 0.25) is 0 Å². The number of benzene rings is 4. The molecule has 0 aromatic heterocycles. The van der Waals surface area contributed by atoms with E-state index in [2.05, 4.69) is 60.7 Å². The molecule has 0 N–H and O–H groups in total. The third-order valence-corrected chi connectivity index (χ3v) is 13.7. The summed E-state index contributed by atoms with van der Waals surface area (Å²) >= 11 is 1.48. The minimum absolute atomic E-state index is 0.417. The summed E-state index contributed by atoms with van der Waals surface area (Å²) in [5.74, 6) is 0. The summed E-state index contributed by atoms with van der Waals surface area (Å²) in [6.45, 7) is 0. The molecule has 2 aliphatic rings. The van der Waals surface area contributed by atoms with Crippen LogP contribution in [0, 0.1) is 0 Å². The predicted molar refractivity (Wildman–Crippen MR) is 111 cm³/mol. The molecule has 0 radical (unpaired) electrons. The molecule has 6 rings (SSSR count). The summed E-state index contributed by atoms with van der Waals surface area (Å²) in [4.78, 5) is 0. The van der Waals surface area contributed by atoms with E-state index in [9.17, 15) is 0 Å². The molecule has 3 heteroatoms. The molecular formula is C22H14Se3. The van der Waals surface area contributed by atoms with Crippen LogP contribution in [-0.4, -0.2) is 44.9 Å². The van der Waals surface area contributed by atoms with Crippen LogP contribution in [-0.2, 0) is 10.6 Å². The second-order valence-electron chi connectivity index (χ2n) is 6.50. The summed E-state index contributed by atoms with van der Waals surface area (Å²) in [6, 6.07) is 23.5. The van der Waals surface area contributed by atoms with Crippen molar-refractivity contribution in [1.82, 2.24) is 0 Å². The minimum atomic E-state index is 0.417. The first-order valence-electron chi connectivity index (χ1n) is 8.41. The monoisotopic (exact) mass is 518 g/mol. The van der Waals surface area contributed by atoms with E-state index in [1.807, 2.05) is 0 Å². The van der Waals surface area contributed by atoms with Gasteiger partial charge in [-0.15, -0.1) is 0 Å². The Kier molecular flexibility index (Phi) is 3.45. The van der Waals surface area contributed by atoms with Crippen molar-refractivity contribution in [1.29, 1.82) is 0 Å². The summed E-state index contributed by atoms with van der Waals surface area (Å²) in [7, 11) is 0. The Morgan fingerprint density at radius 3 is 1.60 bits per heavy atom. The molecule has 0 saturated heterocycles. The van der Waals surface area contributed by atoms with Crippen LogP contribution in [0.4, 0.5) is 0 Å². The molecule has 4 aromatic carbocycles. The Balaban J connectivity index is 1.79. The first-order chi connectivity index (χ1) is 12.4. The molecule has 0 atom stereocenters. The number of hydrogen-bond acceptors (Lipinski definition) is 0. The Morgan fingerprint density at radius 2 is 1.08 bits per heavy atom. The van der Waals surface area contributed by atoms with Crippen LogP contribution in [0.25, 0.3) is 21.5 Å². The van der Waals surface area contributed by atoms with E-state index in [4.69, 9.17) is 0 Å². The van der Waals surface area contributed by atoms with Gasteiger partial charge in [0.1, 0.15) is 0 Å². The SMILES string of the molecule is c1cc2c3c4c(ccc3c1)[Se]Cc1cccc3ccc(c(c13)[Se]4)[Se]C2. The summed E-state index contributed by atoms with van der Waals surface area (Å²) in [6.07, 6.45) is 0. The zero-order valence-electron chi connectivity index (χ0n) is 13.4. The van der Waals surface area contributed by atoms with Gasteiger partial charge in [0.15, 0.2) is 0 Å². The zero-order chi connectivity index (χ0) is 16.4. The van der Waals surface area contributed by atoms with E-state index >= 15 is 0 Å². The van der Waals surface area contributed by atoms with Crippen molar-refractivity contribution < 1.29 is 0 Å². The van der Waals surface area contributed by atoms with Crippen molar-refractivity contribution in [3.63, 3.8) is 0 Å². The number of rotatable bonds is 0. The van der Waals surface area contributed by atoms with E-state index in [0.717, 1.165) is 0 Å². The third kappa shape index (κ3) is 2.25. The maximum absolute atomic E-state index is 2.43. The second kappa shape index (κ2) is 5.73. The van der Waals surface area contributed by atoms with Gasteiger partial charge in [-0.1, -0.05) is 0 Å². The van der Waals surface area contributed by atoms with E-state index in [0.29, 0.717) is 44.9 Å². The van der Waals surface area contributed by atoms with E-state index in [1.165, 1.54) is 21.4 Å². The van der Waals surface area contributed by atoms with Gasteiger partial charge in [-0.25, -0.2) is 0 Å². The molecule has 2 heterocycles. The van der Waals surface area contributed by atoms with Gasteiger partial charge in [-0.05, 0) is 0 Å². The van der Waals surface area contributed by atoms with Gasteiger partial charge in [-0.2, -0.15) is 0 Å². The number of hydrogen-bond donors (Lipinski definition) is 0. The van der Waals surface area contributed by atoms with E-state index in [1.54, 1.807) is 39.7 Å². The second-order valence-corrected chi connectivity index (χ2v) is 12.9. The van der Waals surface area contributed by atoms with Gasteiger partial charge in [0.05, 0.1) is 0 Å². The van der Waals surface area contributed by atoms with Crippen LogP contribution >= 0.6 is 0 Å². The van der Waals surface area contributed by atoms with Gasteiger partial charge < -0.3 is 0 Å². The first-order valence-corrected chi connectivity index (χ1v) is 14.3. The fourth-order valence-corrected chi connectivity index (χ4v) is 12.7. The van der Waals surface area contributed by atoms with Gasteiger partial charge >= 0.3 is 167 Å². The average Bonchev–Trinajstić information content (AvgIpc) is 2.62. The Bertz CT molecular complexity index is 1080. The molecule has 0 nitrogen and oxygen atoms in total. The topological polar surface area (TPSA) is 0 Å². The fraction of sp³-hybridized carbons (Fsp3) is 0.0909. The molecule has 120 valence electrons. The van der Waals surface area contributed by atoms with Crippen LogP contribution in [0.1, 0.15) is 11.1 Å². The molecule has 2 aliphatic heterocycles. The van der Waals surface area contributed by atoms with E-state index < -0.39 is 0 Å². The predicted octanol–water partition coefficient (Wildman–Crippen LogP) is 1.33. The average molecular weight is 515 g/mol. The first kappa shape index (κ1) is 15.1. The van der Waals surface area contributed by atoms with Crippen molar-refractivity contribution in [3.8, 4) is 0 Å². The Hall–Kier alpha value is -1.04. The summed E-state index contributed by atoms with van der Waals surface area (Å²) < 4.78 is 6.69. The summed E-state index contributed by atoms with van der Waals surface area (Å²) in [5.41, 5.74) is 3.18. The molecule has 2 bridgehead atoms. The van der Waals surface area contributed by atoms with Gasteiger partial charge in [0.25, 0.3) is 0 Å². The van der Waals surface area contributed by atoms with E-state index in [-0.39, 0.29) is 0 Å². The van der Waals surface area contributed by atoms with Crippen molar-refractivity contribution in [2.75, 3.05) is 0 Å². The Morgan fingerprint density at radius 1 is 0.560 bits per heavy atom. The van der Waals surface area contributed by atoms with Crippen molar-refractivity contribution >= 4 is 84.3 Å². The van der Waals surface area contributed by atoms with Crippen molar-refractivity contribution in [2.45, 2.75) is 10.6 Å². The molecule has 25 heavy (non-hydrogen) atoms. The van der Waals surface area contributed by atoms with Gasteiger partial charge in [0.2, 0.25) is 0 Å². The van der Waals surface area contributed by atoms with Crippen LogP contribution in [0.3, 0.4) is 0 Å². The molecule has 0 aliphatic carbocycles.